The molecule has 2 N–H and O–H groups in total. The van der Waals surface area contributed by atoms with Crippen LogP contribution >= 0.6 is 0 Å². The van der Waals surface area contributed by atoms with Crippen molar-refractivity contribution in [2.24, 2.45) is 0 Å². The first-order valence-corrected chi connectivity index (χ1v) is 7.47. The Balaban J connectivity index is 1.73. The highest BCUT2D eigenvalue weighted by atomic mass is 16.6. The molecule has 1 fully saturated rings. The van der Waals surface area contributed by atoms with Crippen LogP contribution in [0.5, 0.6) is 11.5 Å². The highest BCUT2D eigenvalue weighted by Gasteiger charge is 2.36. The first kappa shape index (κ1) is 14.6. The summed E-state index contributed by atoms with van der Waals surface area (Å²) in [7, 11) is 0. The smallest absolute Gasteiger partial charge is 0.161 e. The maximum absolute atomic E-state index is 10.0. The van der Waals surface area contributed by atoms with Crippen LogP contribution in [0.3, 0.4) is 0 Å². The maximum Gasteiger partial charge on any atom is 0.161 e. The molecule has 0 aromatic heterocycles. The largest absolute Gasteiger partial charge is 0.486 e. The molecular weight excluding hydrogens is 270 g/mol. The van der Waals surface area contributed by atoms with Crippen molar-refractivity contribution in [1.82, 2.24) is 4.90 Å². The zero-order valence-electron chi connectivity index (χ0n) is 12.6. The van der Waals surface area contributed by atoms with Gasteiger partial charge in [0.1, 0.15) is 13.2 Å². The Morgan fingerprint density at radius 3 is 2.62 bits per heavy atom. The number of aryl methyl sites for hydroxylation is 1. The van der Waals surface area contributed by atoms with E-state index in [1.165, 1.54) is 5.56 Å². The summed E-state index contributed by atoms with van der Waals surface area (Å²) in [4.78, 5) is 2.17. The van der Waals surface area contributed by atoms with Gasteiger partial charge in [-0.15, -0.1) is 0 Å². The Hall–Kier alpha value is -1.30. The Bertz CT molecular complexity index is 529. The lowest BCUT2D eigenvalue weighted by atomic mass is 9.90. The molecule has 0 amide bonds. The second-order valence-corrected chi connectivity index (χ2v) is 6.28. The maximum atomic E-state index is 10.0. The van der Waals surface area contributed by atoms with Gasteiger partial charge in [-0.2, -0.15) is 0 Å². The lowest BCUT2D eigenvalue weighted by molar-refractivity contribution is -0.108. The van der Waals surface area contributed by atoms with Crippen LogP contribution in [-0.2, 0) is 6.54 Å². The average molecular weight is 293 g/mol. The Morgan fingerprint density at radius 2 is 1.95 bits per heavy atom. The van der Waals surface area contributed by atoms with Crippen LogP contribution in [0.2, 0.25) is 0 Å². The minimum atomic E-state index is -0.974. The van der Waals surface area contributed by atoms with Crippen molar-refractivity contribution in [2.75, 3.05) is 26.3 Å². The molecule has 0 unspecified atom stereocenters. The van der Waals surface area contributed by atoms with E-state index in [1.807, 2.05) is 12.1 Å². The molecule has 5 nitrogen and oxygen atoms in total. The van der Waals surface area contributed by atoms with Crippen LogP contribution in [0.1, 0.15) is 24.5 Å². The minimum absolute atomic E-state index is 0.487. The molecule has 2 atom stereocenters. The molecule has 2 aliphatic heterocycles. The molecule has 1 aromatic carbocycles. The van der Waals surface area contributed by atoms with Crippen molar-refractivity contribution in [3.63, 3.8) is 0 Å². The van der Waals surface area contributed by atoms with Crippen molar-refractivity contribution < 1.29 is 19.7 Å². The van der Waals surface area contributed by atoms with Gasteiger partial charge >= 0.3 is 0 Å². The molecule has 2 heterocycles. The lowest BCUT2D eigenvalue weighted by Crippen LogP contribution is -2.53. The molecule has 21 heavy (non-hydrogen) atoms. The summed E-state index contributed by atoms with van der Waals surface area (Å²) in [5.41, 5.74) is 1.36. The topological polar surface area (TPSA) is 62.2 Å². The van der Waals surface area contributed by atoms with Crippen LogP contribution in [0.15, 0.2) is 12.1 Å². The second kappa shape index (κ2) is 5.48. The van der Waals surface area contributed by atoms with Gasteiger partial charge in [0.2, 0.25) is 0 Å². The molecule has 0 saturated carbocycles. The molecule has 0 aliphatic carbocycles. The molecule has 0 bridgehead atoms. The zero-order chi connectivity index (χ0) is 15.0. The van der Waals surface area contributed by atoms with Crippen LogP contribution in [-0.4, -0.2) is 53.1 Å². The Morgan fingerprint density at radius 1 is 1.29 bits per heavy atom. The number of aliphatic hydroxyl groups is 2. The van der Waals surface area contributed by atoms with E-state index >= 15 is 0 Å². The van der Waals surface area contributed by atoms with E-state index < -0.39 is 11.7 Å². The fraction of sp³-hybridized carbons (Fsp3) is 0.625. The third kappa shape index (κ3) is 3.00. The van der Waals surface area contributed by atoms with Gasteiger partial charge in [-0.25, -0.2) is 0 Å². The highest BCUT2D eigenvalue weighted by molar-refractivity contribution is 5.47. The monoisotopic (exact) mass is 293 g/mol. The number of β-amino-alcohol motifs (C(OH)–C–C–N with tert-alkyl or cyclic N) is 1. The van der Waals surface area contributed by atoms with Gasteiger partial charge in [-0.3, -0.25) is 4.90 Å². The van der Waals surface area contributed by atoms with Crippen LogP contribution in [0.4, 0.5) is 0 Å². The van der Waals surface area contributed by atoms with Gasteiger partial charge in [0, 0.05) is 19.6 Å². The number of piperidine rings is 1. The number of hydrogen-bond acceptors (Lipinski definition) is 5. The second-order valence-electron chi connectivity index (χ2n) is 6.28. The van der Waals surface area contributed by atoms with E-state index in [4.69, 9.17) is 9.47 Å². The van der Waals surface area contributed by atoms with Gasteiger partial charge in [0.25, 0.3) is 0 Å². The molecule has 116 valence electrons. The van der Waals surface area contributed by atoms with Crippen LogP contribution < -0.4 is 9.47 Å². The van der Waals surface area contributed by atoms with Gasteiger partial charge in [0.15, 0.2) is 11.5 Å². The normalized spacial score (nSPS) is 29.4. The lowest BCUT2D eigenvalue weighted by Gasteiger charge is -2.40. The zero-order valence-corrected chi connectivity index (χ0v) is 12.6. The molecule has 2 aliphatic rings. The van der Waals surface area contributed by atoms with E-state index in [0.29, 0.717) is 26.2 Å². The van der Waals surface area contributed by atoms with Gasteiger partial charge in [-0.1, -0.05) is 0 Å². The van der Waals surface area contributed by atoms with E-state index in [2.05, 4.69) is 11.8 Å². The standard InChI is InChI=1S/C16H23NO4/c1-11-7-13-14(21-6-5-20-13)8-12(11)9-17-4-3-16(2,19)15(18)10-17/h7-8,15,18-19H,3-6,9-10H2,1-2H3/t15-,16-/m1/s1. The van der Waals surface area contributed by atoms with E-state index in [1.54, 1.807) is 6.92 Å². The van der Waals surface area contributed by atoms with Crippen molar-refractivity contribution in [3.8, 4) is 11.5 Å². The van der Waals surface area contributed by atoms with Crippen molar-refractivity contribution >= 4 is 0 Å². The predicted molar refractivity (Wildman–Crippen MR) is 78.7 cm³/mol. The third-order valence-corrected chi connectivity index (χ3v) is 4.48. The number of benzene rings is 1. The summed E-state index contributed by atoms with van der Waals surface area (Å²) in [5, 5.41) is 20.0. The van der Waals surface area contributed by atoms with E-state index in [9.17, 15) is 10.2 Å². The van der Waals surface area contributed by atoms with Gasteiger partial charge < -0.3 is 19.7 Å². The summed E-state index contributed by atoms with van der Waals surface area (Å²) in [6.07, 6.45) is -0.124. The molecule has 5 heteroatoms. The van der Waals surface area contributed by atoms with Crippen molar-refractivity contribution in [3.05, 3.63) is 23.3 Å². The average Bonchev–Trinajstić information content (AvgIpc) is 2.44. The summed E-state index contributed by atoms with van der Waals surface area (Å²) in [6, 6.07) is 4.04. The van der Waals surface area contributed by atoms with Crippen molar-refractivity contribution in [2.45, 2.75) is 38.5 Å². The molecule has 1 aromatic rings. The third-order valence-electron chi connectivity index (χ3n) is 4.48. The number of nitrogens with zero attached hydrogens (tertiary/aromatic N) is 1. The van der Waals surface area contributed by atoms with E-state index in [-0.39, 0.29) is 0 Å². The Labute approximate surface area is 125 Å². The van der Waals surface area contributed by atoms with Crippen molar-refractivity contribution in [1.29, 1.82) is 0 Å². The molecule has 3 rings (SSSR count). The first-order valence-electron chi connectivity index (χ1n) is 7.47. The minimum Gasteiger partial charge on any atom is -0.486 e. The van der Waals surface area contributed by atoms with Crippen LogP contribution in [0, 0.1) is 6.92 Å². The fourth-order valence-corrected chi connectivity index (χ4v) is 2.87. The number of fused-ring (bicyclic) bond motifs is 1. The van der Waals surface area contributed by atoms with Crippen LogP contribution in [0.25, 0.3) is 0 Å². The number of hydrogen-bond donors (Lipinski definition) is 2. The molecule has 1 saturated heterocycles. The molecule has 0 spiro atoms. The SMILES string of the molecule is Cc1cc2c(cc1CN1CC[C@@](C)(O)[C@H](O)C1)OCCO2. The number of likely N-dealkylation sites (tertiary alicyclic amines) is 1. The summed E-state index contributed by atoms with van der Waals surface area (Å²) in [5.74, 6) is 1.61. The van der Waals surface area contributed by atoms with Gasteiger partial charge in [0.05, 0.1) is 11.7 Å². The number of ether oxygens (including phenoxy) is 2. The molecule has 0 radical (unpaired) electrons. The Kier molecular flexibility index (Phi) is 3.82. The number of rotatable bonds is 2. The number of aliphatic hydroxyl groups excluding tert-OH is 1. The van der Waals surface area contributed by atoms with Gasteiger partial charge in [-0.05, 0) is 43.5 Å². The highest BCUT2D eigenvalue weighted by Crippen LogP contribution is 2.34. The first-order chi connectivity index (χ1) is 9.95. The summed E-state index contributed by atoms with van der Waals surface area (Å²) < 4.78 is 11.2. The fourth-order valence-electron chi connectivity index (χ4n) is 2.87. The summed E-state index contributed by atoms with van der Waals surface area (Å²) >= 11 is 0. The van der Waals surface area contributed by atoms with E-state index in [0.717, 1.165) is 30.2 Å². The summed E-state index contributed by atoms with van der Waals surface area (Å²) in [6.45, 7) is 6.95. The quantitative estimate of drug-likeness (QED) is 0.854. The molecular formula is C16H23NO4. The predicted octanol–water partition coefficient (Wildman–Crippen LogP) is 1.08.